The highest BCUT2D eigenvalue weighted by Crippen LogP contribution is 2.23. The Bertz CT molecular complexity index is 586. The van der Waals surface area contributed by atoms with E-state index in [1.807, 2.05) is 0 Å². The molecule has 0 saturated carbocycles. The van der Waals surface area contributed by atoms with E-state index in [1.54, 1.807) is 0 Å². The maximum atomic E-state index is 12.3. The Balaban J connectivity index is 3.20. The highest BCUT2D eigenvalue weighted by molar-refractivity contribution is 7.89. The van der Waals surface area contributed by atoms with Crippen LogP contribution in [-0.4, -0.2) is 54.2 Å². The van der Waals surface area contributed by atoms with Crippen molar-refractivity contribution in [2.24, 2.45) is 5.73 Å². The first-order valence-electron chi connectivity index (χ1n) is 5.65. The van der Waals surface area contributed by atoms with Crippen LogP contribution in [0.3, 0.4) is 0 Å². The SMILES string of the molecule is NC(=S)c1ccc(S(=O)(=O)N(CCO)CCO)cc1Cl. The van der Waals surface area contributed by atoms with Crippen LogP contribution >= 0.6 is 23.8 Å². The third kappa shape index (κ3) is 3.87. The molecule has 0 bridgehead atoms. The van der Waals surface area contributed by atoms with Crippen molar-refractivity contribution in [1.29, 1.82) is 0 Å². The molecule has 0 aliphatic heterocycles. The van der Waals surface area contributed by atoms with Crippen LogP contribution in [0.2, 0.25) is 5.02 Å². The second-order valence-electron chi connectivity index (χ2n) is 3.86. The number of rotatable bonds is 7. The number of sulfonamides is 1. The number of nitrogens with two attached hydrogens (primary N) is 1. The van der Waals surface area contributed by atoms with Crippen molar-refractivity contribution in [2.75, 3.05) is 26.3 Å². The maximum Gasteiger partial charge on any atom is 0.243 e. The highest BCUT2D eigenvalue weighted by Gasteiger charge is 2.24. The lowest BCUT2D eigenvalue weighted by Crippen LogP contribution is -2.35. The van der Waals surface area contributed by atoms with Crippen molar-refractivity contribution in [3.63, 3.8) is 0 Å². The molecule has 0 aliphatic rings. The molecule has 1 aromatic carbocycles. The summed E-state index contributed by atoms with van der Waals surface area (Å²) >= 11 is 10.7. The van der Waals surface area contributed by atoms with Gasteiger partial charge in [0.05, 0.1) is 23.1 Å². The van der Waals surface area contributed by atoms with Crippen LogP contribution in [0.1, 0.15) is 5.56 Å². The second kappa shape index (κ2) is 7.30. The molecular formula is C11H15ClN2O4S2. The lowest BCUT2D eigenvalue weighted by atomic mass is 10.2. The predicted molar refractivity (Wildman–Crippen MR) is 80.3 cm³/mol. The van der Waals surface area contributed by atoms with Gasteiger partial charge in [-0.25, -0.2) is 8.42 Å². The van der Waals surface area contributed by atoms with Gasteiger partial charge in [-0.3, -0.25) is 0 Å². The molecule has 0 unspecified atom stereocenters. The third-order valence-electron chi connectivity index (χ3n) is 2.54. The first kappa shape index (κ1) is 17.3. The van der Waals surface area contributed by atoms with E-state index in [0.717, 1.165) is 4.31 Å². The van der Waals surface area contributed by atoms with Crippen molar-refractivity contribution in [1.82, 2.24) is 4.31 Å². The van der Waals surface area contributed by atoms with Gasteiger partial charge in [0.1, 0.15) is 4.99 Å². The number of benzene rings is 1. The summed E-state index contributed by atoms with van der Waals surface area (Å²) in [5.74, 6) is 0. The van der Waals surface area contributed by atoms with Gasteiger partial charge in [0, 0.05) is 18.7 Å². The van der Waals surface area contributed by atoms with Crippen molar-refractivity contribution in [3.05, 3.63) is 28.8 Å². The molecule has 0 saturated heterocycles. The summed E-state index contributed by atoms with van der Waals surface area (Å²) in [5, 5.41) is 17.9. The Kier molecular flexibility index (Phi) is 6.31. The van der Waals surface area contributed by atoms with Crippen LogP contribution in [0.15, 0.2) is 23.1 Å². The van der Waals surface area contributed by atoms with E-state index in [-0.39, 0.29) is 41.2 Å². The van der Waals surface area contributed by atoms with Gasteiger partial charge < -0.3 is 15.9 Å². The fourth-order valence-electron chi connectivity index (χ4n) is 1.58. The molecule has 112 valence electrons. The van der Waals surface area contributed by atoms with Crippen LogP contribution in [-0.2, 0) is 10.0 Å². The zero-order chi connectivity index (χ0) is 15.3. The first-order valence-corrected chi connectivity index (χ1v) is 7.88. The van der Waals surface area contributed by atoms with Crippen LogP contribution in [0, 0.1) is 0 Å². The van der Waals surface area contributed by atoms with Gasteiger partial charge >= 0.3 is 0 Å². The minimum Gasteiger partial charge on any atom is -0.395 e. The standard InChI is InChI=1S/C11H15ClN2O4S2/c12-10-7-8(1-2-9(10)11(13)19)20(17,18)14(3-5-15)4-6-16/h1-2,7,15-16H,3-6H2,(H2,13,19). The molecule has 20 heavy (non-hydrogen) atoms. The van der Waals surface area contributed by atoms with E-state index in [4.69, 9.17) is 39.8 Å². The molecule has 0 aliphatic carbocycles. The van der Waals surface area contributed by atoms with E-state index in [0.29, 0.717) is 5.56 Å². The zero-order valence-electron chi connectivity index (χ0n) is 10.5. The molecule has 0 heterocycles. The Hall–Kier alpha value is -0.770. The fourth-order valence-corrected chi connectivity index (χ4v) is 3.61. The summed E-state index contributed by atoms with van der Waals surface area (Å²) in [7, 11) is -3.85. The van der Waals surface area contributed by atoms with Gasteiger partial charge in [0.25, 0.3) is 0 Å². The fraction of sp³-hybridized carbons (Fsp3) is 0.364. The minimum atomic E-state index is -3.85. The third-order valence-corrected chi connectivity index (χ3v) is 4.97. The number of aliphatic hydroxyl groups excluding tert-OH is 2. The average Bonchev–Trinajstić information content (AvgIpc) is 2.37. The van der Waals surface area contributed by atoms with Gasteiger partial charge in [-0.15, -0.1) is 0 Å². The Morgan fingerprint density at radius 3 is 2.25 bits per heavy atom. The topological polar surface area (TPSA) is 104 Å². The molecule has 0 aromatic heterocycles. The van der Waals surface area contributed by atoms with Crippen LogP contribution in [0.5, 0.6) is 0 Å². The van der Waals surface area contributed by atoms with Gasteiger partial charge in [-0.05, 0) is 18.2 Å². The smallest absolute Gasteiger partial charge is 0.243 e. The van der Waals surface area contributed by atoms with Crippen molar-refractivity contribution in [2.45, 2.75) is 4.90 Å². The zero-order valence-corrected chi connectivity index (χ0v) is 12.9. The lowest BCUT2D eigenvalue weighted by Gasteiger charge is -2.20. The van der Waals surface area contributed by atoms with E-state index >= 15 is 0 Å². The summed E-state index contributed by atoms with van der Waals surface area (Å²) in [6, 6.07) is 4.00. The molecule has 9 heteroatoms. The summed E-state index contributed by atoms with van der Waals surface area (Å²) < 4.78 is 25.6. The molecule has 0 radical (unpaired) electrons. The summed E-state index contributed by atoms with van der Waals surface area (Å²) in [6.07, 6.45) is 0. The van der Waals surface area contributed by atoms with Gasteiger partial charge in [0.2, 0.25) is 10.0 Å². The number of halogens is 1. The first-order chi connectivity index (χ1) is 9.34. The largest absolute Gasteiger partial charge is 0.395 e. The second-order valence-corrected chi connectivity index (χ2v) is 6.64. The quantitative estimate of drug-likeness (QED) is 0.602. The minimum absolute atomic E-state index is 0.0515. The molecular weight excluding hydrogens is 324 g/mol. The van der Waals surface area contributed by atoms with Crippen molar-refractivity contribution < 1.29 is 18.6 Å². The molecule has 1 rings (SSSR count). The van der Waals surface area contributed by atoms with E-state index in [2.05, 4.69) is 0 Å². The molecule has 0 spiro atoms. The number of nitrogens with zero attached hydrogens (tertiary/aromatic N) is 1. The number of aliphatic hydroxyl groups is 2. The average molecular weight is 339 g/mol. The normalized spacial score (nSPS) is 11.8. The Morgan fingerprint density at radius 2 is 1.85 bits per heavy atom. The summed E-state index contributed by atoms with van der Waals surface area (Å²) in [5.41, 5.74) is 5.84. The van der Waals surface area contributed by atoms with E-state index < -0.39 is 10.0 Å². The monoisotopic (exact) mass is 338 g/mol. The van der Waals surface area contributed by atoms with Crippen LogP contribution in [0.25, 0.3) is 0 Å². The molecule has 1 aromatic rings. The summed E-state index contributed by atoms with van der Waals surface area (Å²) in [6.45, 7) is -0.926. The number of hydrogen-bond acceptors (Lipinski definition) is 5. The molecule has 0 fully saturated rings. The predicted octanol–water partition coefficient (Wildman–Crippen LogP) is -0.0505. The van der Waals surface area contributed by atoms with Gasteiger partial charge in [-0.2, -0.15) is 4.31 Å². The number of thiocarbonyl (C=S) groups is 1. The van der Waals surface area contributed by atoms with Crippen LogP contribution in [0.4, 0.5) is 0 Å². The summed E-state index contributed by atoms with van der Waals surface area (Å²) in [4.78, 5) is 0.0194. The van der Waals surface area contributed by atoms with Crippen LogP contribution < -0.4 is 5.73 Å². The van der Waals surface area contributed by atoms with Gasteiger partial charge in [-0.1, -0.05) is 23.8 Å². The molecule has 4 N–H and O–H groups in total. The molecule has 0 amide bonds. The van der Waals surface area contributed by atoms with Crippen molar-refractivity contribution >= 4 is 38.8 Å². The van der Waals surface area contributed by atoms with E-state index in [9.17, 15) is 8.42 Å². The number of hydrogen-bond donors (Lipinski definition) is 3. The molecule has 6 nitrogen and oxygen atoms in total. The molecule has 0 atom stereocenters. The maximum absolute atomic E-state index is 12.3. The van der Waals surface area contributed by atoms with Crippen molar-refractivity contribution in [3.8, 4) is 0 Å². The Morgan fingerprint density at radius 1 is 1.30 bits per heavy atom. The Labute approximate surface area is 127 Å². The lowest BCUT2D eigenvalue weighted by molar-refractivity contribution is 0.217. The van der Waals surface area contributed by atoms with E-state index in [1.165, 1.54) is 18.2 Å². The highest BCUT2D eigenvalue weighted by atomic mass is 35.5. The van der Waals surface area contributed by atoms with Gasteiger partial charge in [0.15, 0.2) is 0 Å².